The maximum atomic E-state index is 13.1. The summed E-state index contributed by atoms with van der Waals surface area (Å²) in [5.41, 5.74) is 1.96. The first kappa shape index (κ1) is 19.9. The molecule has 1 heterocycles. The van der Waals surface area contributed by atoms with Crippen LogP contribution in [0.3, 0.4) is 0 Å². The predicted octanol–water partition coefficient (Wildman–Crippen LogP) is 5.63. The Morgan fingerprint density at radius 2 is 1.67 bits per heavy atom. The Morgan fingerprint density at radius 3 is 2.37 bits per heavy atom. The van der Waals surface area contributed by atoms with E-state index in [1.54, 1.807) is 24.3 Å². The van der Waals surface area contributed by atoms with E-state index < -0.39 is 5.91 Å². The summed E-state index contributed by atoms with van der Waals surface area (Å²) in [6.45, 7) is 0. The molecule has 1 aliphatic heterocycles. The standard InChI is InChI=1S/C23H16ClN3O2S/c24-16-8-7-11-18(14-16)25-21(28)15-20-22(29)27(19-12-5-2-6-13-19)23(30-20)26-17-9-3-1-4-10-17/h1-15H,(H,25,28)/b20-15+,26-23?. The number of amides is 2. The summed E-state index contributed by atoms with van der Waals surface area (Å²) in [4.78, 5) is 32.0. The zero-order valence-electron chi connectivity index (χ0n) is 15.7. The third kappa shape index (κ3) is 4.62. The van der Waals surface area contributed by atoms with E-state index in [4.69, 9.17) is 11.6 Å². The maximum absolute atomic E-state index is 13.1. The number of benzene rings is 3. The Hall–Kier alpha value is -3.35. The molecule has 1 fully saturated rings. The van der Waals surface area contributed by atoms with Crippen molar-refractivity contribution in [3.63, 3.8) is 0 Å². The lowest BCUT2D eigenvalue weighted by atomic mass is 10.3. The van der Waals surface area contributed by atoms with Crippen molar-refractivity contribution >= 4 is 57.4 Å². The largest absolute Gasteiger partial charge is 0.322 e. The van der Waals surface area contributed by atoms with Gasteiger partial charge in [-0.05, 0) is 54.2 Å². The Bertz CT molecular complexity index is 1150. The highest BCUT2D eigenvalue weighted by Gasteiger charge is 2.35. The SMILES string of the molecule is O=C(/C=C1/SC(=Nc2ccccc2)N(c2ccccc2)C1=O)Nc1cccc(Cl)c1. The monoisotopic (exact) mass is 433 g/mol. The molecule has 2 amide bonds. The van der Waals surface area contributed by atoms with Gasteiger partial charge < -0.3 is 5.32 Å². The Balaban J connectivity index is 1.65. The van der Waals surface area contributed by atoms with E-state index in [9.17, 15) is 9.59 Å². The first-order valence-electron chi connectivity index (χ1n) is 9.09. The molecule has 1 aliphatic rings. The molecule has 148 valence electrons. The van der Waals surface area contributed by atoms with Gasteiger partial charge >= 0.3 is 0 Å². The van der Waals surface area contributed by atoms with Crippen molar-refractivity contribution in [3.8, 4) is 0 Å². The molecule has 0 spiro atoms. The molecule has 0 aromatic heterocycles. The van der Waals surface area contributed by atoms with Crippen LogP contribution in [0, 0.1) is 0 Å². The van der Waals surface area contributed by atoms with Crippen LogP contribution in [0.25, 0.3) is 0 Å². The minimum atomic E-state index is -0.415. The topological polar surface area (TPSA) is 61.8 Å². The fourth-order valence-corrected chi connectivity index (χ4v) is 3.99. The highest BCUT2D eigenvalue weighted by molar-refractivity contribution is 8.19. The first-order valence-corrected chi connectivity index (χ1v) is 10.3. The summed E-state index contributed by atoms with van der Waals surface area (Å²) in [6, 6.07) is 25.4. The quantitative estimate of drug-likeness (QED) is 0.542. The number of anilines is 2. The molecule has 0 bridgehead atoms. The van der Waals surface area contributed by atoms with Crippen molar-refractivity contribution in [1.29, 1.82) is 0 Å². The summed E-state index contributed by atoms with van der Waals surface area (Å²) in [5.74, 6) is -0.718. The summed E-state index contributed by atoms with van der Waals surface area (Å²) < 4.78 is 0. The molecule has 0 atom stereocenters. The molecule has 4 rings (SSSR count). The zero-order valence-corrected chi connectivity index (χ0v) is 17.2. The van der Waals surface area contributed by atoms with E-state index in [1.165, 1.54) is 11.0 Å². The van der Waals surface area contributed by atoms with Crippen LogP contribution in [0.15, 0.2) is 101 Å². The molecular weight excluding hydrogens is 418 g/mol. The second-order valence-corrected chi connectivity index (χ2v) is 7.76. The number of amidine groups is 1. The van der Waals surface area contributed by atoms with Crippen molar-refractivity contribution in [3.05, 3.63) is 101 Å². The predicted molar refractivity (Wildman–Crippen MR) is 123 cm³/mol. The molecule has 1 N–H and O–H groups in total. The molecular formula is C23H16ClN3O2S. The average molecular weight is 434 g/mol. The van der Waals surface area contributed by atoms with Crippen LogP contribution in [0.2, 0.25) is 5.02 Å². The molecule has 0 saturated carbocycles. The molecule has 0 radical (unpaired) electrons. The smallest absolute Gasteiger partial charge is 0.271 e. The van der Waals surface area contributed by atoms with Gasteiger partial charge in [0, 0.05) is 16.8 Å². The Kier molecular flexibility index (Phi) is 5.97. The molecule has 0 aliphatic carbocycles. The minimum absolute atomic E-state index is 0.285. The van der Waals surface area contributed by atoms with E-state index in [-0.39, 0.29) is 10.8 Å². The molecule has 1 saturated heterocycles. The molecule has 5 nitrogen and oxygen atoms in total. The number of nitrogens with one attached hydrogen (secondary N) is 1. The number of hydrogen-bond acceptors (Lipinski definition) is 4. The second-order valence-electron chi connectivity index (χ2n) is 6.32. The molecule has 3 aromatic carbocycles. The van der Waals surface area contributed by atoms with E-state index in [0.29, 0.717) is 21.6 Å². The number of carbonyl (C=O) groups excluding carboxylic acids is 2. The summed E-state index contributed by atoms with van der Waals surface area (Å²) in [7, 11) is 0. The number of rotatable bonds is 4. The normalized spacial score (nSPS) is 16.3. The lowest BCUT2D eigenvalue weighted by molar-refractivity contribution is -0.115. The fraction of sp³-hybridized carbons (Fsp3) is 0. The van der Waals surface area contributed by atoms with Gasteiger partial charge in [-0.1, -0.05) is 54.1 Å². The maximum Gasteiger partial charge on any atom is 0.271 e. The number of halogens is 1. The lowest BCUT2D eigenvalue weighted by Crippen LogP contribution is -2.28. The van der Waals surface area contributed by atoms with Gasteiger partial charge in [0.15, 0.2) is 5.17 Å². The van der Waals surface area contributed by atoms with Crippen LogP contribution in [0.4, 0.5) is 17.1 Å². The number of nitrogens with zero attached hydrogens (tertiary/aromatic N) is 2. The van der Waals surface area contributed by atoms with E-state index in [2.05, 4.69) is 10.3 Å². The van der Waals surface area contributed by atoms with Gasteiger partial charge in [-0.25, -0.2) is 4.99 Å². The van der Waals surface area contributed by atoms with Gasteiger partial charge in [-0.2, -0.15) is 0 Å². The van der Waals surface area contributed by atoms with Gasteiger partial charge in [-0.15, -0.1) is 0 Å². The van der Waals surface area contributed by atoms with Crippen molar-refractivity contribution in [2.75, 3.05) is 10.2 Å². The molecule has 3 aromatic rings. The third-order valence-electron chi connectivity index (χ3n) is 4.16. The van der Waals surface area contributed by atoms with Crippen LogP contribution in [0.5, 0.6) is 0 Å². The molecule has 30 heavy (non-hydrogen) atoms. The molecule has 7 heteroatoms. The van der Waals surface area contributed by atoms with E-state index in [0.717, 1.165) is 17.4 Å². The van der Waals surface area contributed by atoms with Crippen LogP contribution in [0.1, 0.15) is 0 Å². The Morgan fingerprint density at radius 1 is 0.967 bits per heavy atom. The summed E-state index contributed by atoms with van der Waals surface area (Å²) in [5, 5.41) is 3.72. The van der Waals surface area contributed by atoms with E-state index in [1.807, 2.05) is 60.7 Å². The number of aliphatic imine (C=N–C) groups is 1. The molecule has 0 unspecified atom stereocenters. The van der Waals surface area contributed by atoms with Crippen LogP contribution in [-0.2, 0) is 9.59 Å². The fourth-order valence-electron chi connectivity index (χ4n) is 2.83. The first-order chi connectivity index (χ1) is 14.6. The van der Waals surface area contributed by atoms with Crippen molar-refractivity contribution in [1.82, 2.24) is 0 Å². The minimum Gasteiger partial charge on any atom is -0.322 e. The van der Waals surface area contributed by atoms with Gasteiger partial charge in [0.2, 0.25) is 5.91 Å². The van der Waals surface area contributed by atoms with Gasteiger partial charge in [0.1, 0.15) is 0 Å². The highest BCUT2D eigenvalue weighted by Crippen LogP contribution is 2.36. The van der Waals surface area contributed by atoms with Gasteiger partial charge in [-0.3, -0.25) is 14.5 Å². The average Bonchev–Trinajstić information content (AvgIpc) is 3.04. The van der Waals surface area contributed by atoms with Crippen molar-refractivity contribution in [2.24, 2.45) is 4.99 Å². The van der Waals surface area contributed by atoms with E-state index >= 15 is 0 Å². The van der Waals surface area contributed by atoms with Gasteiger partial charge in [0.25, 0.3) is 5.91 Å². The summed E-state index contributed by atoms with van der Waals surface area (Å²) >= 11 is 7.12. The Labute approximate surface area is 183 Å². The van der Waals surface area contributed by atoms with Crippen LogP contribution >= 0.6 is 23.4 Å². The third-order valence-corrected chi connectivity index (χ3v) is 5.36. The highest BCUT2D eigenvalue weighted by atomic mass is 35.5. The number of carbonyl (C=O) groups is 2. The van der Waals surface area contributed by atoms with Crippen molar-refractivity contribution in [2.45, 2.75) is 0 Å². The number of hydrogen-bond donors (Lipinski definition) is 1. The second kappa shape index (κ2) is 8.98. The number of para-hydroxylation sites is 2. The zero-order chi connectivity index (χ0) is 20.9. The van der Waals surface area contributed by atoms with Crippen molar-refractivity contribution < 1.29 is 9.59 Å². The van der Waals surface area contributed by atoms with Gasteiger partial charge in [0.05, 0.1) is 16.3 Å². The van der Waals surface area contributed by atoms with Crippen LogP contribution in [-0.4, -0.2) is 17.0 Å². The lowest BCUT2D eigenvalue weighted by Gasteiger charge is -2.15. The number of thioether (sulfide) groups is 1. The summed E-state index contributed by atoms with van der Waals surface area (Å²) in [6.07, 6.45) is 1.29. The van der Waals surface area contributed by atoms with Crippen LogP contribution < -0.4 is 10.2 Å².